The lowest BCUT2D eigenvalue weighted by atomic mass is 10.1. The Kier molecular flexibility index (Phi) is 5.03. The van der Waals surface area contributed by atoms with Gasteiger partial charge in [-0.25, -0.2) is 18.4 Å². The first kappa shape index (κ1) is 19.8. The third kappa shape index (κ3) is 4.08. The van der Waals surface area contributed by atoms with Gasteiger partial charge in [-0.05, 0) is 48.9 Å². The molecule has 0 atom stereocenters. The number of imidazole rings is 1. The van der Waals surface area contributed by atoms with Crippen LogP contribution in [0.4, 0.5) is 0 Å². The number of hydrogen-bond donors (Lipinski definition) is 0. The van der Waals surface area contributed by atoms with Crippen LogP contribution in [0.1, 0.15) is 11.4 Å². The molecule has 1 aliphatic rings. The predicted molar refractivity (Wildman–Crippen MR) is 121 cm³/mol. The van der Waals surface area contributed by atoms with E-state index in [4.69, 9.17) is 4.98 Å². The maximum Gasteiger partial charge on any atom is 0.165 e. The van der Waals surface area contributed by atoms with E-state index in [9.17, 15) is 8.42 Å². The van der Waals surface area contributed by atoms with E-state index in [0.717, 1.165) is 46.0 Å². The van der Waals surface area contributed by atoms with Gasteiger partial charge in [0.2, 0.25) is 0 Å². The van der Waals surface area contributed by atoms with Gasteiger partial charge in [-0.2, -0.15) is 0 Å². The van der Waals surface area contributed by atoms with Gasteiger partial charge < -0.3 is 0 Å². The molecule has 0 saturated carbocycles. The van der Waals surface area contributed by atoms with Crippen molar-refractivity contribution in [3.8, 4) is 16.9 Å². The maximum absolute atomic E-state index is 11.6. The van der Waals surface area contributed by atoms with Crippen molar-refractivity contribution in [2.75, 3.05) is 24.6 Å². The Bertz CT molecular complexity index is 1320. The molecule has 158 valence electrons. The summed E-state index contributed by atoms with van der Waals surface area (Å²) < 4.78 is 25.3. The van der Waals surface area contributed by atoms with Gasteiger partial charge >= 0.3 is 0 Å². The molecule has 0 bridgehead atoms. The molecule has 7 nitrogen and oxygen atoms in total. The zero-order valence-electron chi connectivity index (χ0n) is 17.3. The van der Waals surface area contributed by atoms with Crippen LogP contribution in [0.15, 0.2) is 60.9 Å². The van der Waals surface area contributed by atoms with Gasteiger partial charge in [-0.15, -0.1) is 0 Å². The minimum atomic E-state index is -2.86. The summed E-state index contributed by atoms with van der Waals surface area (Å²) >= 11 is 0. The highest BCUT2D eigenvalue weighted by atomic mass is 32.2. The maximum atomic E-state index is 11.6. The number of aryl methyl sites for hydroxylation is 1. The summed E-state index contributed by atoms with van der Waals surface area (Å²) in [6, 6.07) is 16.2. The topological polar surface area (TPSA) is 81.0 Å². The standard InChI is InChI=1S/C23H23N5O2S/c1-17-25-22-7-6-21(19-8-10-24-11-9-19)26-23(22)28(17)20-4-2-18(3-5-20)16-27-12-14-31(29,30)15-13-27/h2-11H,12-16H2,1H3. The fourth-order valence-corrected chi connectivity index (χ4v) is 5.26. The average molecular weight is 434 g/mol. The first-order valence-electron chi connectivity index (χ1n) is 10.3. The number of nitrogens with zero attached hydrogens (tertiary/aromatic N) is 5. The van der Waals surface area contributed by atoms with Crippen molar-refractivity contribution >= 4 is 21.0 Å². The number of pyridine rings is 2. The highest BCUT2D eigenvalue weighted by Gasteiger charge is 2.21. The molecule has 5 rings (SSSR count). The third-order valence-electron chi connectivity index (χ3n) is 5.69. The van der Waals surface area contributed by atoms with Gasteiger partial charge in [-0.3, -0.25) is 14.5 Å². The Balaban J connectivity index is 1.43. The quantitative estimate of drug-likeness (QED) is 0.492. The summed E-state index contributed by atoms with van der Waals surface area (Å²) in [5, 5.41) is 0. The van der Waals surface area contributed by atoms with Crippen LogP contribution in [0, 0.1) is 6.92 Å². The lowest BCUT2D eigenvalue weighted by molar-refractivity contribution is 0.287. The van der Waals surface area contributed by atoms with Crippen molar-refractivity contribution in [3.63, 3.8) is 0 Å². The monoisotopic (exact) mass is 433 g/mol. The Morgan fingerprint density at radius 3 is 2.32 bits per heavy atom. The molecule has 0 spiro atoms. The minimum absolute atomic E-state index is 0.247. The van der Waals surface area contributed by atoms with Gasteiger partial charge in [0.25, 0.3) is 0 Å². The van der Waals surface area contributed by atoms with Crippen molar-refractivity contribution < 1.29 is 8.42 Å². The van der Waals surface area contributed by atoms with Gasteiger partial charge in [0.1, 0.15) is 11.3 Å². The van der Waals surface area contributed by atoms with Crippen LogP contribution in [-0.4, -0.2) is 57.4 Å². The molecule has 0 amide bonds. The number of benzene rings is 1. The third-order valence-corrected chi connectivity index (χ3v) is 7.30. The van der Waals surface area contributed by atoms with Crippen LogP contribution in [0.2, 0.25) is 0 Å². The lowest BCUT2D eigenvalue weighted by Crippen LogP contribution is -2.39. The zero-order chi connectivity index (χ0) is 21.4. The second-order valence-electron chi connectivity index (χ2n) is 7.86. The molecule has 31 heavy (non-hydrogen) atoms. The van der Waals surface area contributed by atoms with E-state index in [1.165, 1.54) is 0 Å². The molecular formula is C23H23N5O2S. The van der Waals surface area contributed by atoms with E-state index < -0.39 is 9.84 Å². The van der Waals surface area contributed by atoms with Crippen molar-refractivity contribution in [2.24, 2.45) is 0 Å². The highest BCUT2D eigenvalue weighted by molar-refractivity contribution is 7.91. The summed E-state index contributed by atoms with van der Waals surface area (Å²) in [6.07, 6.45) is 3.53. The molecule has 0 N–H and O–H groups in total. The van der Waals surface area contributed by atoms with E-state index in [-0.39, 0.29) is 11.5 Å². The van der Waals surface area contributed by atoms with Crippen LogP contribution < -0.4 is 0 Å². The molecule has 1 aromatic carbocycles. The number of rotatable bonds is 4. The van der Waals surface area contributed by atoms with Crippen LogP contribution in [0.25, 0.3) is 28.1 Å². The second-order valence-corrected chi connectivity index (χ2v) is 10.2. The van der Waals surface area contributed by atoms with Crippen LogP contribution in [-0.2, 0) is 16.4 Å². The zero-order valence-corrected chi connectivity index (χ0v) is 18.1. The summed E-state index contributed by atoms with van der Waals surface area (Å²) in [5.74, 6) is 1.37. The van der Waals surface area contributed by atoms with Crippen LogP contribution >= 0.6 is 0 Å². The number of fused-ring (bicyclic) bond motifs is 1. The van der Waals surface area contributed by atoms with Crippen molar-refractivity contribution in [3.05, 3.63) is 72.3 Å². The first-order valence-corrected chi connectivity index (χ1v) is 12.1. The molecule has 0 radical (unpaired) electrons. The number of sulfone groups is 1. The highest BCUT2D eigenvalue weighted by Crippen LogP contribution is 2.24. The van der Waals surface area contributed by atoms with Gasteiger partial charge in [0.05, 0.1) is 17.2 Å². The first-order chi connectivity index (χ1) is 15.0. The largest absolute Gasteiger partial charge is 0.297 e. The lowest BCUT2D eigenvalue weighted by Gasteiger charge is -2.26. The predicted octanol–water partition coefficient (Wildman–Crippen LogP) is 3.02. The SMILES string of the molecule is Cc1nc2ccc(-c3ccncc3)nc2n1-c1ccc(CN2CCS(=O)(=O)CC2)cc1. The summed E-state index contributed by atoms with van der Waals surface area (Å²) in [7, 11) is -2.86. The normalized spacial score (nSPS) is 16.5. The Morgan fingerprint density at radius 1 is 0.903 bits per heavy atom. The number of aromatic nitrogens is 4. The molecule has 0 unspecified atom stereocenters. The van der Waals surface area contributed by atoms with Gasteiger partial charge in [-0.1, -0.05) is 12.1 Å². The average Bonchev–Trinajstić information content (AvgIpc) is 3.11. The van der Waals surface area contributed by atoms with Crippen molar-refractivity contribution in [1.29, 1.82) is 0 Å². The Hall–Kier alpha value is -3.10. The van der Waals surface area contributed by atoms with E-state index in [1.807, 2.05) is 31.2 Å². The fraction of sp³-hybridized carbons (Fsp3) is 0.261. The number of hydrogen-bond acceptors (Lipinski definition) is 6. The minimum Gasteiger partial charge on any atom is -0.297 e. The van der Waals surface area contributed by atoms with E-state index >= 15 is 0 Å². The molecule has 0 aliphatic carbocycles. The summed E-state index contributed by atoms with van der Waals surface area (Å²) in [6.45, 7) is 3.92. The Morgan fingerprint density at radius 2 is 1.61 bits per heavy atom. The molecule has 1 saturated heterocycles. The molecule has 4 heterocycles. The Labute approximate surface area is 181 Å². The van der Waals surface area contributed by atoms with Crippen molar-refractivity contribution in [1.82, 2.24) is 24.4 Å². The van der Waals surface area contributed by atoms with Crippen LogP contribution in [0.3, 0.4) is 0 Å². The smallest absolute Gasteiger partial charge is 0.165 e. The molecule has 3 aromatic heterocycles. The van der Waals surface area contributed by atoms with E-state index in [2.05, 4.69) is 43.7 Å². The van der Waals surface area contributed by atoms with E-state index in [1.54, 1.807) is 12.4 Å². The molecular weight excluding hydrogens is 410 g/mol. The fourth-order valence-electron chi connectivity index (χ4n) is 3.98. The van der Waals surface area contributed by atoms with Crippen LogP contribution in [0.5, 0.6) is 0 Å². The van der Waals surface area contributed by atoms with Gasteiger partial charge in [0, 0.05) is 43.3 Å². The van der Waals surface area contributed by atoms with Crippen molar-refractivity contribution in [2.45, 2.75) is 13.5 Å². The van der Waals surface area contributed by atoms with Gasteiger partial charge in [0.15, 0.2) is 15.5 Å². The summed E-state index contributed by atoms with van der Waals surface area (Å²) in [5.41, 5.74) is 5.74. The second kappa shape index (κ2) is 7.86. The molecule has 1 aliphatic heterocycles. The molecule has 8 heteroatoms. The molecule has 1 fully saturated rings. The van der Waals surface area contributed by atoms with E-state index in [0.29, 0.717) is 13.1 Å². The molecule has 4 aromatic rings. The summed E-state index contributed by atoms with van der Waals surface area (Å²) in [4.78, 5) is 15.8.